The van der Waals surface area contributed by atoms with E-state index in [-0.39, 0.29) is 5.41 Å². The van der Waals surface area contributed by atoms with Gasteiger partial charge in [-0.25, -0.2) is 4.98 Å². The lowest BCUT2D eigenvalue weighted by atomic mass is 9.66. The topological polar surface area (TPSA) is 34.2 Å². The third-order valence-corrected chi connectivity index (χ3v) is 7.09. The second-order valence-electron chi connectivity index (χ2n) is 8.40. The fourth-order valence-corrected chi connectivity index (χ4v) is 5.91. The Morgan fingerprint density at radius 1 is 1.26 bits per heavy atom. The molecule has 0 spiro atoms. The van der Waals surface area contributed by atoms with Crippen LogP contribution in [0.3, 0.4) is 0 Å². The van der Waals surface area contributed by atoms with Crippen LogP contribution in [0.5, 0.6) is 0 Å². The van der Waals surface area contributed by atoms with Crippen LogP contribution in [-0.2, 0) is 6.42 Å². The molecular formula is C23H25N3O. The van der Waals surface area contributed by atoms with Crippen LogP contribution in [-0.4, -0.2) is 27.5 Å². The molecule has 1 saturated heterocycles. The predicted molar refractivity (Wildman–Crippen MR) is 107 cm³/mol. The fraction of sp³-hybridized carbons (Fsp3) is 0.435. The molecule has 4 nitrogen and oxygen atoms in total. The molecule has 4 heteroatoms. The summed E-state index contributed by atoms with van der Waals surface area (Å²) in [5.41, 5.74) is 5.65. The van der Waals surface area contributed by atoms with Gasteiger partial charge in [-0.15, -0.1) is 0 Å². The normalized spacial score (nSPS) is 26.9. The lowest BCUT2D eigenvalue weighted by Crippen LogP contribution is -2.50. The Kier molecular flexibility index (Phi) is 3.11. The highest BCUT2D eigenvalue weighted by Crippen LogP contribution is 2.57. The van der Waals surface area contributed by atoms with E-state index < -0.39 is 0 Å². The maximum absolute atomic E-state index is 6.04. The molecular weight excluding hydrogens is 334 g/mol. The molecule has 3 aliphatic heterocycles. The van der Waals surface area contributed by atoms with Crippen LogP contribution in [0.25, 0.3) is 16.6 Å². The van der Waals surface area contributed by atoms with Crippen LogP contribution in [0.1, 0.15) is 55.1 Å². The quantitative estimate of drug-likeness (QED) is 0.651. The Morgan fingerprint density at radius 3 is 2.96 bits per heavy atom. The van der Waals surface area contributed by atoms with E-state index in [0.29, 0.717) is 6.04 Å². The van der Waals surface area contributed by atoms with E-state index >= 15 is 0 Å². The maximum Gasteiger partial charge on any atom is 0.243 e. The van der Waals surface area contributed by atoms with Gasteiger partial charge in [0.25, 0.3) is 0 Å². The van der Waals surface area contributed by atoms with Crippen molar-refractivity contribution in [2.45, 2.75) is 45.6 Å². The second kappa shape index (κ2) is 5.35. The van der Waals surface area contributed by atoms with E-state index in [4.69, 9.17) is 4.42 Å². The SMILES string of the molecule is CC[C@@]12C=C(c3ncc(C)o3)n3c4c(c5ccccc53)CCN(CCC1)C42. The standard InChI is InChI=1S/C23H25N3O/c1-3-23-10-6-11-25-12-9-17-16-7-4-5-8-18(16)26(20(17)21(23)25)19(13-23)22-24-14-15(2)27-22/h4-5,7-8,13-14,21H,3,6,9-12H2,1-2H3/t21?,23-/m0/s1. The number of benzene rings is 1. The summed E-state index contributed by atoms with van der Waals surface area (Å²) in [5.74, 6) is 1.62. The second-order valence-corrected chi connectivity index (χ2v) is 8.40. The smallest absolute Gasteiger partial charge is 0.243 e. The van der Waals surface area contributed by atoms with Crippen molar-refractivity contribution in [3.05, 3.63) is 59.4 Å². The van der Waals surface area contributed by atoms with Gasteiger partial charge >= 0.3 is 0 Å². The van der Waals surface area contributed by atoms with Gasteiger partial charge in [0.1, 0.15) is 11.5 Å². The summed E-state index contributed by atoms with van der Waals surface area (Å²) in [6.07, 6.45) is 9.15. The molecule has 0 saturated carbocycles. The number of rotatable bonds is 2. The molecule has 0 radical (unpaired) electrons. The van der Waals surface area contributed by atoms with E-state index in [1.807, 2.05) is 13.1 Å². The summed E-state index contributed by atoms with van der Waals surface area (Å²) in [7, 11) is 0. The van der Waals surface area contributed by atoms with Gasteiger partial charge in [-0.3, -0.25) is 4.90 Å². The number of oxazole rings is 1. The van der Waals surface area contributed by atoms with Crippen LogP contribution in [0.4, 0.5) is 0 Å². The van der Waals surface area contributed by atoms with Gasteiger partial charge in [0.05, 0.1) is 17.8 Å². The molecule has 0 amide bonds. The minimum Gasteiger partial charge on any atom is -0.440 e. The number of para-hydroxylation sites is 1. The van der Waals surface area contributed by atoms with Gasteiger partial charge in [-0.2, -0.15) is 0 Å². The minimum atomic E-state index is 0.176. The van der Waals surface area contributed by atoms with Crippen molar-refractivity contribution in [3.8, 4) is 0 Å². The van der Waals surface area contributed by atoms with Gasteiger partial charge in [0.15, 0.2) is 0 Å². The lowest BCUT2D eigenvalue weighted by molar-refractivity contribution is 0.0269. The number of aryl methyl sites for hydroxylation is 1. The van der Waals surface area contributed by atoms with Gasteiger partial charge in [0, 0.05) is 23.0 Å². The average molecular weight is 359 g/mol. The zero-order valence-electron chi connectivity index (χ0n) is 16.0. The zero-order chi connectivity index (χ0) is 18.2. The fourth-order valence-electron chi connectivity index (χ4n) is 5.91. The number of nitrogens with zero attached hydrogens (tertiary/aromatic N) is 3. The summed E-state index contributed by atoms with van der Waals surface area (Å²) >= 11 is 0. The third kappa shape index (κ3) is 1.94. The van der Waals surface area contributed by atoms with E-state index in [0.717, 1.165) is 30.2 Å². The molecule has 3 aliphatic rings. The third-order valence-electron chi connectivity index (χ3n) is 7.09. The van der Waals surface area contributed by atoms with Crippen molar-refractivity contribution in [1.29, 1.82) is 0 Å². The molecule has 138 valence electrons. The maximum atomic E-state index is 6.04. The molecule has 6 rings (SSSR count). The van der Waals surface area contributed by atoms with Crippen LogP contribution in [0, 0.1) is 12.3 Å². The van der Waals surface area contributed by atoms with Crippen LogP contribution >= 0.6 is 0 Å². The molecule has 1 aromatic carbocycles. The molecule has 1 unspecified atom stereocenters. The molecule has 0 N–H and O–H groups in total. The highest BCUT2D eigenvalue weighted by Gasteiger charge is 2.50. The summed E-state index contributed by atoms with van der Waals surface area (Å²) < 4.78 is 8.50. The monoisotopic (exact) mass is 359 g/mol. The molecule has 3 aromatic rings. The number of aromatic nitrogens is 2. The number of hydrogen-bond donors (Lipinski definition) is 0. The summed E-state index contributed by atoms with van der Waals surface area (Å²) in [4.78, 5) is 7.36. The van der Waals surface area contributed by atoms with Crippen molar-refractivity contribution in [2.24, 2.45) is 5.41 Å². The van der Waals surface area contributed by atoms with Crippen molar-refractivity contribution < 1.29 is 4.42 Å². The molecule has 0 aliphatic carbocycles. The number of piperidine rings is 1. The van der Waals surface area contributed by atoms with Crippen LogP contribution in [0.2, 0.25) is 0 Å². The molecule has 0 bridgehead atoms. The zero-order valence-corrected chi connectivity index (χ0v) is 16.0. The van der Waals surface area contributed by atoms with Crippen molar-refractivity contribution in [1.82, 2.24) is 14.5 Å². The number of fused-ring (bicyclic) bond motifs is 3. The van der Waals surface area contributed by atoms with E-state index in [1.165, 1.54) is 42.5 Å². The first kappa shape index (κ1) is 15.7. The first-order chi connectivity index (χ1) is 13.2. The van der Waals surface area contributed by atoms with E-state index in [2.05, 4.69) is 51.7 Å². The molecule has 27 heavy (non-hydrogen) atoms. The first-order valence-corrected chi connectivity index (χ1v) is 10.2. The van der Waals surface area contributed by atoms with Gasteiger partial charge in [0.2, 0.25) is 5.89 Å². The largest absolute Gasteiger partial charge is 0.440 e. The number of hydrogen-bond acceptors (Lipinski definition) is 3. The van der Waals surface area contributed by atoms with Crippen LogP contribution < -0.4 is 0 Å². The molecule has 1 fully saturated rings. The van der Waals surface area contributed by atoms with Crippen molar-refractivity contribution in [2.75, 3.05) is 13.1 Å². The molecule has 2 aromatic heterocycles. The van der Waals surface area contributed by atoms with E-state index in [1.54, 1.807) is 5.56 Å². The average Bonchev–Trinajstić information content (AvgIpc) is 3.28. The Labute approximate surface area is 159 Å². The predicted octanol–water partition coefficient (Wildman–Crippen LogP) is 4.93. The Balaban J connectivity index is 1.73. The highest BCUT2D eigenvalue weighted by atomic mass is 16.4. The van der Waals surface area contributed by atoms with Crippen molar-refractivity contribution >= 4 is 16.6 Å². The van der Waals surface area contributed by atoms with Gasteiger partial charge in [-0.05, 0) is 56.9 Å². The molecule has 5 heterocycles. The van der Waals surface area contributed by atoms with Crippen LogP contribution in [0.15, 0.2) is 41.0 Å². The van der Waals surface area contributed by atoms with Gasteiger partial charge in [-0.1, -0.05) is 25.1 Å². The van der Waals surface area contributed by atoms with Crippen molar-refractivity contribution in [3.63, 3.8) is 0 Å². The summed E-state index contributed by atoms with van der Waals surface area (Å²) in [5, 5.41) is 1.40. The Morgan fingerprint density at radius 2 is 2.15 bits per heavy atom. The Hall–Kier alpha value is -2.33. The highest BCUT2D eigenvalue weighted by molar-refractivity contribution is 5.91. The first-order valence-electron chi connectivity index (χ1n) is 10.2. The Bertz CT molecular complexity index is 1090. The summed E-state index contributed by atoms with van der Waals surface area (Å²) in [6.45, 7) is 6.72. The summed E-state index contributed by atoms with van der Waals surface area (Å²) in [6, 6.07) is 9.34. The minimum absolute atomic E-state index is 0.176. The van der Waals surface area contributed by atoms with E-state index in [9.17, 15) is 0 Å². The molecule has 2 atom stereocenters. The lowest BCUT2D eigenvalue weighted by Gasteiger charge is -2.53. The van der Waals surface area contributed by atoms with Gasteiger partial charge < -0.3 is 8.98 Å².